The second kappa shape index (κ2) is 17.3. The molecule has 0 bridgehead atoms. The van der Waals surface area contributed by atoms with Crippen molar-refractivity contribution in [1.82, 2.24) is 0 Å². The van der Waals surface area contributed by atoms with Gasteiger partial charge in [0.25, 0.3) is 0 Å². The monoisotopic (exact) mass is 427 g/mol. The Bertz CT molecular complexity index is 188. The molecule has 0 N–H and O–H groups in total. The van der Waals surface area contributed by atoms with Gasteiger partial charge in [0.15, 0.2) is 0 Å². The Morgan fingerprint density at radius 2 is 0.952 bits per heavy atom. The van der Waals surface area contributed by atoms with Crippen molar-refractivity contribution in [3.63, 3.8) is 0 Å². The summed E-state index contributed by atoms with van der Waals surface area (Å²) in [6.07, 6.45) is 14.0. The summed E-state index contributed by atoms with van der Waals surface area (Å²) < 4.78 is 1.38. The number of nitrogens with zero attached hydrogens (tertiary/aromatic N) is 1. The van der Waals surface area contributed by atoms with Crippen LogP contribution in [0, 0.1) is 0 Å². The minimum Gasteiger partial charge on any atom is -1.00 e. The largest absolute Gasteiger partial charge is 1.00 e. The summed E-state index contributed by atoms with van der Waals surface area (Å²) in [5.74, 6) is 0. The van der Waals surface area contributed by atoms with E-state index in [1.54, 1.807) is 0 Å². The number of hydrogen-bond donors (Lipinski definition) is 0. The zero-order chi connectivity index (χ0) is 15.1. The van der Waals surface area contributed by atoms with Crippen molar-refractivity contribution in [1.29, 1.82) is 0 Å². The average Bonchev–Trinajstić information content (AvgIpc) is 2.44. The third-order valence-corrected chi connectivity index (χ3v) is 4.87. The number of rotatable bonds is 15. The average molecular weight is 429 g/mol. The third-order valence-electron chi connectivity index (χ3n) is 4.52. The van der Waals surface area contributed by atoms with Crippen LogP contribution in [0.5, 0.6) is 0 Å². The Morgan fingerprint density at radius 1 is 0.571 bits per heavy atom. The predicted molar refractivity (Wildman–Crippen MR) is 96.7 cm³/mol. The van der Waals surface area contributed by atoms with Crippen molar-refractivity contribution in [2.75, 3.05) is 31.5 Å². The van der Waals surface area contributed by atoms with Gasteiger partial charge < -0.3 is 21.5 Å². The normalized spacial score (nSPS) is 11.4. The van der Waals surface area contributed by atoms with Gasteiger partial charge in [-0.25, -0.2) is 0 Å². The van der Waals surface area contributed by atoms with Gasteiger partial charge in [0.1, 0.15) is 0 Å². The second-order valence-electron chi connectivity index (χ2n) is 6.40. The molecular weight excluding hydrogens is 390 g/mol. The van der Waals surface area contributed by atoms with Crippen molar-refractivity contribution in [3.05, 3.63) is 0 Å². The summed E-state index contributed by atoms with van der Waals surface area (Å²) >= 11 is 3.71. The molecule has 0 aromatic heterocycles. The molecule has 0 aliphatic heterocycles. The molecule has 0 rings (SSSR count). The molecule has 0 fully saturated rings. The molecule has 0 radical (unpaired) electrons. The predicted octanol–water partition coefficient (Wildman–Crippen LogP) is 3.16. The maximum Gasteiger partial charge on any atom is 0.0885 e. The first-order chi connectivity index (χ1) is 9.74. The van der Waals surface area contributed by atoms with E-state index in [9.17, 15) is 0 Å². The number of hydrogen-bond acceptors (Lipinski definition) is 0. The molecule has 0 unspecified atom stereocenters. The topological polar surface area (TPSA) is 0 Å². The second-order valence-corrected chi connectivity index (χ2v) is 7.19. The van der Waals surface area contributed by atoms with E-state index < -0.39 is 0 Å². The molecule has 1 nitrogen and oxygen atoms in total. The Morgan fingerprint density at radius 3 is 1.33 bits per heavy atom. The lowest BCUT2D eigenvalue weighted by Gasteiger charge is -2.39. The van der Waals surface area contributed by atoms with Crippen molar-refractivity contribution in [3.8, 4) is 0 Å². The molecule has 0 aromatic rings. The van der Waals surface area contributed by atoms with Gasteiger partial charge in [-0.2, -0.15) is 0 Å². The lowest BCUT2D eigenvalue weighted by atomic mass is 10.1. The van der Waals surface area contributed by atoms with E-state index in [-0.39, 0.29) is 17.0 Å². The fourth-order valence-corrected chi connectivity index (χ4v) is 3.87. The molecule has 0 aliphatic rings. The first kappa shape index (κ1) is 24.2. The van der Waals surface area contributed by atoms with Gasteiger partial charge in [-0.3, -0.25) is 0 Å². The van der Waals surface area contributed by atoms with Crippen LogP contribution in [-0.4, -0.2) is 36.0 Å². The minimum atomic E-state index is 0. The Hall–Kier alpha value is 0.920. The number of quaternary nitrogens is 1. The summed E-state index contributed by atoms with van der Waals surface area (Å²) in [5.41, 5.74) is 0. The number of halogens is 2. The van der Waals surface area contributed by atoms with Crippen molar-refractivity contribution >= 4 is 15.9 Å². The van der Waals surface area contributed by atoms with Crippen LogP contribution in [0.2, 0.25) is 0 Å². The molecule has 130 valence electrons. The number of unbranched alkanes of at least 4 members (excludes halogenated alkanes) is 7. The van der Waals surface area contributed by atoms with Crippen molar-refractivity contribution in [2.24, 2.45) is 0 Å². The van der Waals surface area contributed by atoms with E-state index in [1.807, 2.05) is 0 Å². The molecular formula is C18H39Br2N. The van der Waals surface area contributed by atoms with E-state index in [2.05, 4.69) is 36.7 Å². The summed E-state index contributed by atoms with van der Waals surface area (Å²) in [4.78, 5) is 0. The standard InChI is InChI=1S/C18H39BrN.BrH/c1-4-7-10-13-17-20(18-14-19,15-11-8-5-2)16-12-9-6-3;/h4-18H2,1-3H3;1H/q+1;/p-1. The van der Waals surface area contributed by atoms with Gasteiger partial charge in [0.05, 0.1) is 31.5 Å². The third kappa shape index (κ3) is 13.1. The zero-order valence-electron chi connectivity index (χ0n) is 14.8. The van der Waals surface area contributed by atoms with Crippen LogP contribution in [0.15, 0.2) is 0 Å². The fourth-order valence-electron chi connectivity index (χ4n) is 3.12. The van der Waals surface area contributed by atoms with Gasteiger partial charge in [-0.1, -0.05) is 62.4 Å². The first-order valence-corrected chi connectivity index (χ1v) is 10.3. The van der Waals surface area contributed by atoms with Gasteiger partial charge >= 0.3 is 0 Å². The van der Waals surface area contributed by atoms with Crippen LogP contribution < -0.4 is 17.0 Å². The summed E-state index contributed by atoms with van der Waals surface area (Å²) in [5, 5.41) is 1.17. The first-order valence-electron chi connectivity index (χ1n) is 9.15. The summed E-state index contributed by atoms with van der Waals surface area (Å²) in [6, 6.07) is 0. The Kier molecular flexibility index (Phi) is 19.9. The lowest BCUT2D eigenvalue weighted by Crippen LogP contribution is -3.00. The summed E-state index contributed by atoms with van der Waals surface area (Å²) in [7, 11) is 0. The highest BCUT2D eigenvalue weighted by Gasteiger charge is 2.25. The highest BCUT2D eigenvalue weighted by atomic mass is 79.9. The van der Waals surface area contributed by atoms with Crippen LogP contribution in [-0.2, 0) is 0 Å². The Balaban J connectivity index is 0. The molecule has 0 saturated heterocycles. The molecule has 0 atom stereocenters. The smallest absolute Gasteiger partial charge is 0.0885 e. The van der Waals surface area contributed by atoms with Crippen LogP contribution in [0.3, 0.4) is 0 Å². The van der Waals surface area contributed by atoms with Gasteiger partial charge in [0.2, 0.25) is 0 Å². The molecule has 0 heterocycles. The van der Waals surface area contributed by atoms with Crippen LogP contribution in [0.4, 0.5) is 0 Å². The molecule has 21 heavy (non-hydrogen) atoms. The molecule has 0 aliphatic carbocycles. The van der Waals surface area contributed by atoms with E-state index in [0.29, 0.717) is 0 Å². The zero-order valence-corrected chi connectivity index (χ0v) is 18.0. The maximum atomic E-state index is 3.71. The number of alkyl halides is 1. The van der Waals surface area contributed by atoms with Crippen molar-refractivity contribution in [2.45, 2.75) is 85.0 Å². The Labute approximate surface area is 153 Å². The maximum absolute atomic E-state index is 3.71. The van der Waals surface area contributed by atoms with Gasteiger partial charge in [-0.05, 0) is 38.5 Å². The highest BCUT2D eigenvalue weighted by molar-refractivity contribution is 9.09. The lowest BCUT2D eigenvalue weighted by molar-refractivity contribution is -0.926. The van der Waals surface area contributed by atoms with Crippen LogP contribution in [0.1, 0.15) is 85.0 Å². The van der Waals surface area contributed by atoms with E-state index in [4.69, 9.17) is 0 Å². The highest BCUT2D eigenvalue weighted by Crippen LogP contribution is 2.17. The molecule has 0 aromatic carbocycles. The molecule has 3 heteroatoms. The van der Waals surface area contributed by atoms with Crippen molar-refractivity contribution < 1.29 is 21.5 Å². The van der Waals surface area contributed by atoms with Crippen LogP contribution in [0.25, 0.3) is 0 Å². The molecule has 0 amide bonds. The van der Waals surface area contributed by atoms with E-state index >= 15 is 0 Å². The van der Waals surface area contributed by atoms with E-state index in [1.165, 1.54) is 100 Å². The SMILES string of the molecule is CCCCCC[N+](CCBr)(CCCCC)CCCCC.[Br-]. The van der Waals surface area contributed by atoms with E-state index in [0.717, 1.165) is 0 Å². The van der Waals surface area contributed by atoms with Gasteiger partial charge in [0, 0.05) is 0 Å². The summed E-state index contributed by atoms with van der Waals surface area (Å²) in [6.45, 7) is 12.5. The minimum absolute atomic E-state index is 0. The van der Waals surface area contributed by atoms with Gasteiger partial charge in [-0.15, -0.1) is 0 Å². The quantitative estimate of drug-likeness (QED) is 0.213. The molecule has 0 spiro atoms. The van der Waals surface area contributed by atoms with Crippen LogP contribution >= 0.6 is 15.9 Å². The molecule has 0 saturated carbocycles. The fraction of sp³-hybridized carbons (Fsp3) is 1.00.